The number of carbonyl (C=O) groups is 1. The van der Waals surface area contributed by atoms with E-state index in [4.69, 9.17) is 4.74 Å². The van der Waals surface area contributed by atoms with E-state index in [1.807, 2.05) is 61.0 Å². The van der Waals surface area contributed by atoms with E-state index >= 15 is 0 Å². The smallest absolute Gasteiger partial charge is 0.250 e. The van der Waals surface area contributed by atoms with Crippen LogP contribution < -0.4 is 5.32 Å². The van der Waals surface area contributed by atoms with Gasteiger partial charge in [-0.1, -0.05) is 12.1 Å². The lowest BCUT2D eigenvalue weighted by Gasteiger charge is -2.29. The molecule has 2 aromatic heterocycles. The van der Waals surface area contributed by atoms with Gasteiger partial charge in [0.2, 0.25) is 5.91 Å². The van der Waals surface area contributed by atoms with Gasteiger partial charge >= 0.3 is 0 Å². The average molecular weight is 358 g/mol. The molecule has 1 aliphatic heterocycles. The number of nitrogens with zero attached hydrogens (tertiary/aromatic N) is 3. The van der Waals surface area contributed by atoms with Gasteiger partial charge in [0.15, 0.2) is 0 Å². The zero-order chi connectivity index (χ0) is 19.0. The van der Waals surface area contributed by atoms with Gasteiger partial charge in [0, 0.05) is 30.2 Å². The van der Waals surface area contributed by atoms with Crippen molar-refractivity contribution in [3.8, 4) is 17.3 Å². The summed E-state index contributed by atoms with van der Waals surface area (Å²) in [7, 11) is 1.86. The number of anilines is 1. The monoisotopic (exact) mass is 358 g/mol. The fourth-order valence-corrected chi connectivity index (χ4v) is 3.45. The average Bonchev–Trinajstić information content (AvgIpc) is 3.01. The number of amides is 1. The predicted molar refractivity (Wildman–Crippen MR) is 101 cm³/mol. The normalized spacial score (nSPS) is 18.9. The van der Waals surface area contributed by atoms with Crippen molar-refractivity contribution >= 4 is 11.6 Å². The van der Waals surface area contributed by atoms with E-state index < -0.39 is 5.60 Å². The Labute approximate surface area is 157 Å². The van der Waals surface area contributed by atoms with Gasteiger partial charge in [0.1, 0.15) is 24.0 Å². The summed E-state index contributed by atoms with van der Waals surface area (Å²) in [6.07, 6.45) is 1.71. The summed E-state index contributed by atoms with van der Waals surface area (Å²) in [6, 6.07) is 17.3. The lowest BCUT2D eigenvalue weighted by Crippen LogP contribution is -2.29. The third-order valence-corrected chi connectivity index (χ3v) is 4.99. The molecule has 1 aliphatic rings. The number of aromatic nitrogens is 2. The molecule has 134 valence electrons. The van der Waals surface area contributed by atoms with Gasteiger partial charge in [-0.2, -0.15) is 5.26 Å². The molecule has 4 rings (SSSR count). The van der Waals surface area contributed by atoms with Crippen molar-refractivity contribution in [1.29, 1.82) is 5.26 Å². The molecule has 0 spiro atoms. The number of nitriles is 1. The second-order valence-electron chi connectivity index (χ2n) is 6.62. The summed E-state index contributed by atoms with van der Waals surface area (Å²) in [5, 5.41) is 12.1. The van der Waals surface area contributed by atoms with Crippen molar-refractivity contribution < 1.29 is 9.53 Å². The van der Waals surface area contributed by atoms with Crippen LogP contribution in [0.3, 0.4) is 0 Å². The van der Waals surface area contributed by atoms with Crippen molar-refractivity contribution in [2.24, 2.45) is 7.05 Å². The predicted octanol–water partition coefficient (Wildman–Crippen LogP) is 3.19. The number of ether oxygens (including phenoxy) is 1. The molecule has 1 atom stereocenters. The molecule has 6 nitrogen and oxygen atoms in total. The van der Waals surface area contributed by atoms with Gasteiger partial charge in [0.25, 0.3) is 0 Å². The molecule has 3 aromatic rings. The highest BCUT2D eigenvalue weighted by molar-refractivity contribution is 5.94. The molecule has 0 saturated heterocycles. The van der Waals surface area contributed by atoms with Gasteiger partial charge in [-0.05, 0) is 48.9 Å². The molecular weight excluding hydrogens is 340 g/mol. The third kappa shape index (κ3) is 2.78. The van der Waals surface area contributed by atoms with Gasteiger partial charge in [-0.25, -0.2) is 0 Å². The Morgan fingerprint density at radius 2 is 2.11 bits per heavy atom. The van der Waals surface area contributed by atoms with E-state index in [0.29, 0.717) is 11.4 Å². The topological polar surface area (TPSA) is 79.9 Å². The molecule has 0 aliphatic carbocycles. The fraction of sp³-hybridized carbons (Fsp3) is 0.190. The Bertz CT molecular complexity index is 1070. The van der Waals surface area contributed by atoms with Crippen molar-refractivity contribution in [2.75, 3.05) is 11.9 Å². The zero-order valence-electron chi connectivity index (χ0n) is 15.1. The molecule has 1 amide bonds. The standard InChI is InChI=1S/C21H18N4O2/c1-21(19-5-3-4-10-23-19)16-11-14(18-9-7-15(12-22)25(18)2)6-8-17(16)24-20(26)13-27-21/h3-11H,13H2,1-2H3,(H,24,26). The molecule has 1 N–H and O–H groups in total. The molecule has 0 radical (unpaired) electrons. The number of rotatable bonds is 2. The molecule has 0 fully saturated rings. The minimum Gasteiger partial charge on any atom is -0.354 e. The first-order valence-electron chi connectivity index (χ1n) is 8.59. The first-order valence-corrected chi connectivity index (χ1v) is 8.59. The van der Waals surface area contributed by atoms with Crippen LogP contribution in [0, 0.1) is 11.3 Å². The van der Waals surface area contributed by atoms with Crippen molar-refractivity contribution in [3.63, 3.8) is 0 Å². The molecule has 0 saturated carbocycles. The van der Waals surface area contributed by atoms with Crippen LogP contribution in [-0.4, -0.2) is 22.1 Å². The summed E-state index contributed by atoms with van der Waals surface area (Å²) in [6.45, 7) is 1.86. The molecule has 0 bridgehead atoms. The Balaban J connectivity index is 1.92. The van der Waals surface area contributed by atoms with E-state index in [0.717, 1.165) is 22.5 Å². The zero-order valence-corrected chi connectivity index (χ0v) is 15.1. The maximum absolute atomic E-state index is 12.1. The second kappa shape index (κ2) is 6.38. The van der Waals surface area contributed by atoms with Crippen LogP contribution >= 0.6 is 0 Å². The Kier molecular flexibility index (Phi) is 4.02. The number of carbonyl (C=O) groups excluding carboxylic acids is 1. The molecule has 27 heavy (non-hydrogen) atoms. The molecule has 6 heteroatoms. The number of nitrogens with one attached hydrogen (secondary N) is 1. The van der Waals surface area contributed by atoms with Gasteiger partial charge in [0.05, 0.1) is 5.69 Å². The number of benzene rings is 1. The highest BCUT2D eigenvalue weighted by Crippen LogP contribution is 2.40. The summed E-state index contributed by atoms with van der Waals surface area (Å²) in [4.78, 5) is 16.6. The summed E-state index contributed by atoms with van der Waals surface area (Å²) in [5.74, 6) is -0.200. The largest absolute Gasteiger partial charge is 0.354 e. The van der Waals surface area contributed by atoms with Crippen molar-refractivity contribution in [1.82, 2.24) is 9.55 Å². The number of fused-ring (bicyclic) bond motifs is 1. The van der Waals surface area contributed by atoms with Crippen LogP contribution in [-0.2, 0) is 22.2 Å². The summed E-state index contributed by atoms with van der Waals surface area (Å²) >= 11 is 0. The van der Waals surface area contributed by atoms with Crippen molar-refractivity contribution in [2.45, 2.75) is 12.5 Å². The molecular formula is C21H18N4O2. The van der Waals surface area contributed by atoms with Crippen LogP contribution in [0.15, 0.2) is 54.7 Å². The van der Waals surface area contributed by atoms with E-state index in [-0.39, 0.29) is 12.5 Å². The van der Waals surface area contributed by atoms with Gasteiger partial charge < -0.3 is 14.6 Å². The van der Waals surface area contributed by atoms with Crippen LogP contribution in [0.2, 0.25) is 0 Å². The lowest BCUT2D eigenvalue weighted by molar-refractivity contribution is -0.124. The Morgan fingerprint density at radius 3 is 2.81 bits per heavy atom. The van der Waals surface area contributed by atoms with E-state index in [1.165, 1.54) is 0 Å². The first kappa shape index (κ1) is 17.0. The molecule has 1 aromatic carbocycles. The lowest BCUT2D eigenvalue weighted by atomic mass is 9.88. The SMILES string of the molecule is Cn1c(C#N)ccc1-c1ccc2c(c1)C(C)(c1ccccn1)OCC(=O)N2. The molecule has 1 unspecified atom stereocenters. The van der Waals surface area contributed by atoms with E-state index in [1.54, 1.807) is 12.3 Å². The van der Waals surface area contributed by atoms with Crippen LogP contribution in [0.5, 0.6) is 0 Å². The first-order chi connectivity index (χ1) is 13.0. The number of hydrogen-bond donors (Lipinski definition) is 1. The van der Waals surface area contributed by atoms with Gasteiger partial charge in [-0.3, -0.25) is 9.78 Å². The maximum atomic E-state index is 12.1. The Hall–Kier alpha value is -3.43. The van der Waals surface area contributed by atoms with Crippen molar-refractivity contribution in [3.05, 3.63) is 71.7 Å². The third-order valence-electron chi connectivity index (χ3n) is 4.99. The minimum absolute atomic E-state index is 0.0557. The fourth-order valence-electron chi connectivity index (χ4n) is 3.45. The van der Waals surface area contributed by atoms with Crippen LogP contribution in [0.25, 0.3) is 11.3 Å². The van der Waals surface area contributed by atoms with E-state index in [9.17, 15) is 10.1 Å². The number of pyridine rings is 1. The second-order valence-corrected chi connectivity index (χ2v) is 6.62. The quantitative estimate of drug-likeness (QED) is 0.763. The highest BCUT2D eigenvalue weighted by atomic mass is 16.5. The van der Waals surface area contributed by atoms with Gasteiger partial charge in [-0.15, -0.1) is 0 Å². The highest BCUT2D eigenvalue weighted by Gasteiger charge is 2.37. The summed E-state index contributed by atoms with van der Waals surface area (Å²) < 4.78 is 7.87. The maximum Gasteiger partial charge on any atom is 0.250 e. The Morgan fingerprint density at radius 1 is 1.26 bits per heavy atom. The molecule has 3 heterocycles. The summed E-state index contributed by atoms with van der Waals surface area (Å²) in [5.41, 5.74) is 3.79. The van der Waals surface area contributed by atoms with Crippen LogP contribution in [0.1, 0.15) is 23.9 Å². The number of hydrogen-bond acceptors (Lipinski definition) is 4. The van der Waals surface area contributed by atoms with E-state index in [2.05, 4.69) is 16.4 Å². The van der Waals surface area contributed by atoms with Crippen LogP contribution in [0.4, 0.5) is 5.69 Å². The minimum atomic E-state index is -0.880.